The number of carbonyl (C=O) groups is 1. The van der Waals surface area contributed by atoms with Crippen LogP contribution in [0.3, 0.4) is 0 Å². The minimum Gasteiger partial charge on any atom is -0.487 e. The van der Waals surface area contributed by atoms with Crippen LogP contribution in [0.4, 0.5) is 4.39 Å². The first-order chi connectivity index (χ1) is 17.1. The Bertz CT molecular complexity index is 938. The Kier molecular flexibility index (Phi) is 8.01. The molecule has 2 aliphatic heterocycles. The van der Waals surface area contributed by atoms with Gasteiger partial charge in [0.15, 0.2) is 17.3 Å². The molecule has 5 atom stereocenters. The third kappa shape index (κ3) is 6.04. The van der Waals surface area contributed by atoms with Crippen LogP contribution in [-0.4, -0.2) is 31.2 Å². The number of rotatable bonds is 7. The average molecular weight is 481 g/mol. The van der Waals surface area contributed by atoms with E-state index >= 15 is 0 Å². The van der Waals surface area contributed by atoms with E-state index in [1.54, 1.807) is 0 Å². The Morgan fingerprint density at radius 1 is 1.14 bits per heavy atom. The van der Waals surface area contributed by atoms with Crippen LogP contribution < -0.4 is 10.1 Å². The smallest absolute Gasteiger partial charge is 0.184 e. The number of hydrogen-bond acceptors (Lipinski definition) is 4. The van der Waals surface area contributed by atoms with Crippen molar-refractivity contribution in [2.75, 3.05) is 13.1 Å². The van der Waals surface area contributed by atoms with Gasteiger partial charge in [0.25, 0.3) is 0 Å². The molecular formula is C30H41FN2O2. The summed E-state index contributed by atoms with van der Waals surface area (Å²) >= 11 is 0. The highest BCUT2D eigenvalue weighted by Gasteiger charge is 2.41. The highest BCUT2D eigenvalue weighted by Crippen LogP contribution is 2.45. The quantitative estimate of drug-likeness (QED) is 0.499. The molecule has 0 bridgehead atoms. The number of ketones is 1. The van der Waals surface area contributed by atoms with Crippen molar-refractivity contribution in [2.45, 2.75) is 83.7 Å². The summed E-state index contributed by atoms with van der Waals surface area (Å²) < 4.78 is 20.8. The topological polar surface area (TPSA) is 50.7 Å². The lowest BCUT2D eigenvalue weighted by molar-refractivity contribution is -0.120. The largest absolute Gasteiger partial charge is 0.487 e. The van der Waals surface area contributed by atoms with Gasteiger partial charge in [-0.25, -0.2) is 4.39 Å². The van der Waals surface area contributed by atoms with Gasteiger partial charge in [-0.05, 0) is 119 Å². The summed E-state index contributed by atoms with van der Waals surface area (Å²) in [7, 11) is 0. The van der Waals surface area contributed by atoms with E-state index in [0.717, 1.165) is 63.6 Å². The van der Waals surface area contributed by atoms with Gasteiger partial charge < -0.3 is 10.1 Å². The maximum Gasteiger partial charge on any atom is 0.184 e. The van der Waals surface area contributed by atoms with Gasteiger partial charge in [-0.15, -0.1) is 0 Å². The summed E-state index contributed by atoms with van der Waals surface area (Å²) in [5.41, 5.74) is 1.62. The standard InChI is InChI=1S/C30H41FN2O2/c1-20-9-12-28(33-18-20)30(34)26(23-16-22-6-5-13-32-19-24(22)17-23)14-21-10-11-27(31)29(15-21)35-25-7-3-2-4-8-25/h10-12,15,18,20,22-26,32H,2-9,13-14,16-17,19H2,1H3/t20?,22-,23+,24-,26?/m1/s1. The fraction of sp³-hybridized carbons (Fsp3) is 0.667. The molecule has 2 saturated carbocycles. The van der Waals surface area contributed by atoms with Crippen LogP contribution in [0.1, 0.15) is 76.7 Å². The van der Waals surface area contributed by atoms with Crippen molar-refractivity contribution in [3.05, 3.63) is 41.4 Å². The molecule has 35 heavy (non-hydrogen) atoms. The van der Waals surface area contributed by atoms with Gasteiger partial charge in [-0.1, -0.05) is 25.5 Å². The second-order valence-corrected chi connectivity index (χ2v) is 11.5. The van der Waals surface area contributed by atoms with Gasteiger partial charge >= 0.3 is 0 Å². The molecule has 190 valence electrons. The molecule has 3 fully saturated rings. The molecule has 5 rings (SSSR count). The van der Waals surface area contributed by atoms with Gasteiger partial charge in [0, 0.05) is 12.1 Å². The number of allylic oxidation sites excluding steroid dienone is 2. The SMILES string of the molecule is CC1C=NC(C(=O)C(Cc2ccc(F)c(OC3CCCCC3)c2)[C@H]2C[C@H]3CCCNC[C@H]3C2)=CC1. The zero-order valence-electron chi connectivity index (χ0n) is 21.2. The van der Waals surface area contributed by atoms with Gasteiger partial charge in [0.05, 0.1) is 6.10 Å². The van der Waals surface area contributed by atoms with Gasteiger partial charge in [0.1, 0.15) is 5.70 Å². The number of Topliss-reactive ketones (excluding diaryl/α,β-unsaturated/α-hetero) is 1. The van der Waals surface area contributed by atoms with Gasteiger partial charge in [-0.3, -0.25) is 9.79 Å². The molecule has 2 unspecified atom stereocenters. The predicted molar refractivity (Wildman–Crippen MR) is 138 cm³/mol. The fourth-order valence-corrected chi connectivity index (χ4v) is 6.80. The first-order valence-corrected chi connectivity index (χ1v) is 14.0. The Balaban J connectivity index is 1.36. The van der Waals surface area contributed by atoms with Crippen molar-refractivity contribution in [2.24, 2.45) is 34.6 Å². The molecule has 2 heterocycles. The predicted octanol–water partition coefficient (Wildman–Crippen LogP) is 6.29. The van der Waals surface area contributed by atoms with Crippen LogP contribution in [0.2, 0.25) is 0 Å². The highest BCUT2D eigenvalue weighted by molar-refractivity contribution is 5.99. The molecule has 1 saturated heterocycles. The molecule has 2 aliphatic carbocycles. The summed E-state index contributed by atoms with van der Waals surface area (Å²) in [5, 5.41) is 3.60. The van der Waals surface area contributed by atoms with Crippen molar-refractivity contribution >= 4 is 12.0 Å². The van der Waals surface area contributed by atoms with Crippen LogP contribution in [0.25, 0.3) is 0 Å². The van der Waals surface area contributed by atoms with E-state index in [2.05, 4.69) is 17.2 Å². The number of benzene rings is 1. The number of fused-ring (bicyclic) bond motifs is 1. The Hall–Kier alpha value is -2.01. The first-order valence-electron chi connectivity index (χ1n) is 14.0. The van der Waals surface area contributed by atoms with Crippen molar-refractivity contribution in [1.82, 2.24) is 5.32 Å². The van der Waals surface area contributed by atoms with Crippen LogP contribution in [0, 0.1) is 35.4 Å². The lowest BCUT2D eigenvalue weighted by Crippen LogP contribution is -2.28. The van der Waals surface area contributed by atoms with Crippen LogP contribution in [0.5, 0.6) is 5.75 Å². The molecule has 0 amide bonds. The van der Waals surface area contributed by atoms with E-state index in [1.807, 2.05) is 24.4 Å². The molecule has 1 aromatic rings. The second-order valence-electron chi connectivity index (χ2n) is 11.5. The Labute approximate surface area is 209 Å². The number of ether oxygens (including phenoxy) is 1. The van der Waals surface area contributed by atoms with E-state index in [9.17, 15) is 9.18 Å². The van der Waals surface area contributed by atoms with Gasteiger partial charge in [0.2, 0.25) is 0 Å². The minimum atomic E-state index is -0.301. The molecule has 1 aromatic carbocycles. The lowest BCUT2D eigenvalue weighted by Gasteiger charge is -2.26. The molecule has 0 radical (unpaired) electrons. The van der Waals surface area contributed by atoms with Crippen LogP contribution >= 0.6 is 0 Å². The molecule has 4 nitrogen and oxygen atoms in total. The fourth-order valence-electron chi connectivity index (χ4n) is 6.80. The number of nitrogens with zero attached hydrogens (tertiary/aromatic N) is 1. The molecule has 0 aromatic heterocycles. The molecule has 1 N–H and O–H groups in total. The maximum absolute atomic E-state index is 14.7. The zero-order valence-corrected chi connectivity index (χ0v) is 21.2. The molecule has 5 heteroatoms. The van der Waals surface area contributed by atoms with E-state index in [-0.39, 0.29) is 23.6 Å². The van der Waals surface area contributed by atoms with Crippen molar-refractivity contribution in [3.63, 3.8) is 0 Å². The van der Waals surface area contributed by atoms with Crippen molar-refractivity contribution < 1.29 is 13.9 Å². The summed E-state index contributed by atoms with van der Waals surface area (Å²) in [5.74, 6) is 2.18. The molecule has 0 spiro atoms. The summed E-state index contributed by atoms with van der Waals surface area (Å²) in [4.78, 5) is 18.4. The number of hydrogen-bond donors (Lipinski definition) is 1. The third-order valence-electron chi connectivity index (χ3n) is 8.82. The zero-order chi connectivity index (χ0) is 24.2. The van der Waals surface area contributed by atoms with Crippen LogP contribution in [0.15, 0.2) is 35.0 Å². The number of aliphatic imine (C=N–C) groups is 1. The monoisotopic (exact) mass is 480 g/mol. The van der Waals surface area contributed by atoms with Crippen molar-refractivity contribution in [1.29, 1.82) is 0 Å². The summed E-state index contributed by atoms with van der Waals surface area (Å²) in [6, 6.07) is 5.23. The molecular weight excluding hydrogens is 439 g/mol. The Morgan fingerprint density at radius 2 is 1.97 bits per heavy atom. The minimum absolute atomic E-state index is 0.101. The third-order valence-corrected chi connectivity index (χ3v) is 8.82. The molecule has 4 aliphatic rings. The Morgan fingerprint density at radius 3 is 2.77 bits per heavy atom. The van der Waals surface area contributed by atoms with E-state index in [4.69, 9.17) is 4.74 Å². The van der Waals surface area contributed by atoms with E-state index in [1.165, 1.54) is 25.3 Å². The first kappa shape index (κ1) is 24.7. The summed E-state index contributed by atoms with van der Waals surface area (Å²) in [6.45, 7) is 4.30. The number of carbonyl (C=O) groups excluding carboxylic acids is 1. The highest BCUT2D eigenvalue weighted by atomic mass is 19.1. The van der Waals surface area contributed by atoms with E-state index < -0.39 is 0 Å². The van der Waals surface area contributed by atoms with Gasteiger partial charge in [-0.2, -0.15) is 0 Å². The average Bonchev–Trinajstić information content (AvgIpc) is 3.14. The van der Waals surface area contributed by atoms with Crippen molar-refractivity contribution in [3.8, 4) is 5.75 Å². The second kappa shape index (κ2) is 11.4. The maximum atomic E-state index is 14.7. The van der Waals surface area contributed by atoms with Crippen LogP contribution in [-0.2, 0) is 11.2 Å². The summed E-state index contributed by atoms with van der Waals surface area (Å²) in [6.07, 6.45) is 15.7. The number of halogens is 1. The normalized spacial score (nSPS) is 30.3. The van der Waals surface area contributed by atoms with E-state index in [0.29, 0.717) is 41.5 Å². The number of nitrogens with one attached hydrogen (secondary N) is 1. The lowest BCUT2D eigenvalue weighted by atomic mass is 9.80.